The van der Waals surface area contributed by atoms with Gasteiger partial charge in [-0.3, -0.25) is 4.79 Å². The minimum Gasteiger partial charge on any atom is -0.508 e. The monoisotopic (exact) mass is 300 g/mol. The topological polar surface area (TPSA) is 76.0 Å². The van der Waals surface area contributed by atoms with Crippen molar-refractivity contribution in [3.05, 3.63) is 53.6 Å². The van der Waals surface area contributed by atoms with E-state index in [1.54, 1.807) is 31.4 Å². The Morgan fingerprint density at radius 2 is 1.59 bits per heavy atom. The summed E-state index contributed by atoms with van der Waals surface area (Å²) in [5.74, 6) is 0.502. The molecule has 0 saturated heterocycles. The Bertz CT molecular complexity index is 699. The highest BCUT2D eigenvalue weighted by Gasteiger charge is 2.06. The summed E-state index contributed by atoms with van der Waals surface area (Å²) in [6, 6.07) is 9.01. The van der Waals surface area contributed by atoms with E-state index in [0.29, 0.717) is 11.5 Å². The number of carbonyl (C=O) groups is 1. The van der Waals surface area contributed by atoms with Gasteiger partial charge in [-0.15, -0.1) is 0 Å². The van der Waals surface area contributed by atoms with Crippen molar-refractivity contribution in [2.45, 2.75) is 0 Å². The van der Waals surface area contributed by atoms with Crippen LogP contribution in [0.25, 0.3) is 6.08 Å². The van der Waals surface area contributed by atoms with Gasteiger partial charge in [-0.25, -0.2) is 0 Å². The van der Waals surface area contributed by atoms with Gasteiger partial charge in [0.2, 0.25) is 0 Å². The fourth-order valence-corrected chi connectivity index (χ4v) is 1.96. The second-order valence-corrected chi connectivity index (χ2v) is 4.55. The van der Waals surface area contributed by atoms with Crippen molar-refractivity contribution < 1.29 is 24.5 Å². The third kappa shape index (κ3) is 3.58. The molecule has 2 aromatic carbocycles. The van der Waals surface area contributed by atoms with E-state index in [9.17, 15) is 15.0 Å². The van der Waals surface area contributed by atoms with Gasteiger partial charge in [-0.2, -0.15) is 0 Å². The van der Waals surface area contributed by atoms with Gasteiger partial charge in [0.15, 0.2) is 17.3 Å². The molecule has 0 saturated carbocycles. The van der Waals surface area contributed by atoms with Crippen LogP contribution < -0.4 is 9.47 Å². The third-order valence-corrected chi connectivity index (χ3v) is 3.02. The molecule has 114 valence electrons. The van der Waals surface area contributed by atoms with Crippen molar-refractivity contribution in [2.75, 3.05) is 14.2 Å². The summed E-state index contributed by atoms with van der Waals surface area (Å²) in [4.78, 5) is 12.0. The molecule has 0 heterocycles. The van der Waals surface area contributed by atoms with Gasteiger partial charge in [-0.1, -0.05) is 12.1 Å². The largest absolute Gasteiger partial charge is 0.508 e. The second-order valence-electron chi connectivity index (χ2n) is 4.55. The van der Waals surface area contributed by atoms with E-state index < -0.39 is 0 Å². The number of carbonyl (C=O) groups excluding carboxylic acids is 1. The molecule has 0 bridgehead atoms. The van der Waals surface area contributed by atoms with Crippen molar-refractivity contribution in [1.82, 2.24) is 0 Å². The molecule has 0 aromatic heterocycles. The molecule has 0 spiro atoms. The van der Waals surface area contributed by atoms with Crippen LogP contribution in [0.4, 0.5) is 0 Å². The van der Waals surface area contributed by atoms with Crippen molar-refractivity contribution >= 4 is 11.9 Å². The number of methoxy groups -OCH3 is 2. The Morgan fingerprint density at radius 3 is 2.18 bits per heavy atom. The predicted molar refractivity (Wildman–Crippen MR) is 82.7 cm³/mol. The Balaban J connectivity index is 2.22. The zero-order valence-corrected chi connectivity index (χ0v) is 12.2. The second kappa shape index (κ2) is 6.67. The maximum atomic E-state index is 12.0. The standard InChI is InChI=1S/C17H16O5/c1-21-16-6-4-11(7-17(16)22-2)3-5-15(20)12-8-13(18)10-14(19)9-12/h3-10,18-19H,1-2H3/b5-3+. The summed E-state index contributed by atoms with van der Waals surface area (Å²) >= 11 is 0. The first-order chi connectivity index (χ1) is 10.5. The minimum atomic E-state index is -0.332. The Morgan fingerprint density at radius 1 is 0.955 bits per heavy atom. The maximum Gasteiger partial charge on any atom is 0.186 e. The van der Waals surface area contributed by atoms with Crippen LogP contribution in [0.15, 0.2) is 42.5 Å². The van der Waals surface area contributed by atoms with E-state index in [2.05, 4.69) is 0 Å². The SMILES string of the molecule is COc1ccc(/C=C/C(=O)c2cc(O)cc(O)c2)cc1OC. The molecule has 0 atom stereocenters. The quantitative estimate of drug-likeness (QED) is 0.655. The smallest absolute Gasteiger partial charge is 0.186 e. The molecule has 22 heavy (non-hydrogen) atoms. The number of phenols is 2. The first-order valence-corrected chi connectivity index (χ1v) is 6.51. The number of aromatic hydroxyl groups is 2. The van der Waals surface area contributed by atoms with Gasteiger partial charge in [0.1, 0.15) is 11.5 Å². The molecule has 5 heteroatoms. The molecule has 0 radical (unpaired) electrons. The van der Waals surface area contributed by atoms with Gasteiger partial charge in [0, 0.05) is 11.6 Å². The van der Waals surface area contributed by atoms with Crippen LogP contribution >= 0.6 is 0 Å². The van der Waals surface area contributed by atoms with Gasteiger partial charge >= 0.3 is 0 Å². The fraction of sp³-hybridized carbons (Fsp3) is 0.118. The lowest BCUT2D eigenvalue weighted by atomic mass is 10.1. The molecular weight excluding hydrogens is 284 g/mol. The summed E-state index contributed by atoms with van der Waals surface area (Å²) in [5.41, 5.74) is 0.963. The van der Waals surface area contributed by atoms with E-state index >= 15 is 0 Å². The first kappa shape index (κ1) is 15.4. The van der Waals surface area contributed by atoms with Crippen molar-refractivity contribution in [1.29, 1.82) is 0 Å². The van der Waals surface area contributed by atoms with E-state index in [0.717, 1.165) is 11.6 Å². The number of rotatable bonds is 5. The molecule has 0 aliphatic heterocycles. The molecule has 0 fully saturated rings. The van der Waals surface area contributed by atoms with Crippen LogP contribution in [0, 0.1) is 0 Å². The Kier molecular flexibility index (Phi) is 4.68. The number of benzene rings is 2. The van der Waals surface area contributed by atoms with Gasteiger partial charge < -0.3 is 19.7 Å². The van der Waals surface area contributed by atoms with Crippen LogP contribution in [0.5, 0.6) is 23.0 Å². The number of phenolic OH excluding ortho intramolecular Hbond substituents is 2. The lowest BCUT2D eigenvalue weighted by Crippen LogP contribution is -1.94. The highest BCUT2D eigenvalue weighted by atomic mass is 16.5. The zero-order chi connectivity index (χ0) is 16.1. The summed E-state index contributed by atoms with van der Waals surface area (Å²) in [6.45, 7) is 0. The number of ether oxygens (including phenoxy) is 2. The van der Waals surface area contributed by atoms with Gasteiger partial charge in [0.25, 0.3) is 0 Å². The molecular formula is C17H16O5. The van der Waals surface area contributed by atoms with E-state index in [1.165, 1.54) is 25.3 Å². The highest BCUT2D eigenvalue weighted by molar-refractivity contribution is 6.07. The van der Waals surface area contributed by atoms with E-state index in [1.807, 2.05) is 0 Å². The summed E-state index contributed by atoms with van der Waals surface area (Å²) in [7, 11) is 3.08. The molecule has 2 N–H and O–H groups in total. The molecule has 2 aromatic rings. The van der Waals surface area contributed by atoms with Crippen LogP contribution in [0.3, 0.4) is 0 Å². The molecule has 0 aliphatic rings. The van der Waals surface area contributed by atoms with E-state index in [-0.39, 0.29) is 22.8 Å². The number of ketones is 1. The average molecular weight is 300 g/mol. The zero-order valence-electron chi connectivity index (χ0n) is 12.2. The average Bonchev–Trinajstić information content (AvgIpc) is 2.51. The van der Waals surface area contributed by atoms with Crippen LogP contribution in [0.2, 0.25) is 0 Å². The lowest BCUT2D eigenvalue weighted by molar-refractivity contribution is 0.104. The minimum absolute atomic E-state index is 0.164. The molecule has 0 amide bonds. The molecule has 0 aliphatic carbocycles. The normalized spacial score (nSPS) is 10.6. The molecule has 2 rings (SSSR count). The molecule has 5 nitrogen and oxygen atoms in total. The van der Waals surface area contributed by atoms with Crippen LogP contribution in [-0.4, -0.2) is 30.2 Å². The van der Waals surface area contributed by atoms with Gasteiger partial charge in [0.05, 0.1) is 14.2 Å². The Labute approximate surface area is 128 Å². The summed E-state index contributed by atoms with van der Waals surface area (Å²) in [6.07, 6.45) is 2.97. The van der Waals surface area contributed by atoms with Crippen molar-refractivity contribution in [2.24, 2.45) is 0 Å². The van der Waals surface area contributed by atoms with Gasteiger partial charge in [-0.05, 0) is 35.9 Å². The predicted octanol–water partition coefficient (Wildman–Crippen LogP) is 3.01. The Hall–Kier alpha value is -2.95. The van der Waals surface area contributed by atoms with Crippen LogP contribution in [-0.2, 0) is 0 Å². The fourth-order valence-electron chi connectivity index (χ4n) is 1.96. The summed E-state index contributed by atoms with van der Waals surface area (Å²) < 4.78 is 10.3. The lowest BCUT2D eigenvalue weighted by Gasteiger charge is -2.07. The highest BCUT2D eigenvalue weighted by Crippen LogP contribution is 2.28. The van der Waals surface area contributed by atoms with Crippen molar-refractivity contribution in [3.63, 3.8) is 0 Å². The summed E-state index contributed by atoms with van der Waals surface area (Å²) in [5, 5.41) is 18.8. The van der Waals surface area contributed by atoms with E-state index in [4.69, 9.17) is 9.47 Å². The third-order valence-electron chi connectivity index (χ3n) is 3.02. The molecule has 0 unspecified atom stereocenters. The number of allylic oxidation sites excluding steroid dienone is 1. The van der Waals surface area contributed by atoms with Crippen LogP contribution in [0.1, 0.15) is 15.9 Å². The first-order valence-electron chi connectivity index (χ1n) is 6.51. The van der Waals surface area contributed by atoms with Crippen molar-refractivity contribution in [3.8, 4) is 23.0 Å². The number of hydrogen-bond donors (Lipinski definition) is 2. The number of hydrogen-bond acceptors (Lipinski definition) is 5. The maximum absolute atomic E-state index is 12.0.